The van der Waals surface area contributed by atoms with Crippen molar-refractivity contribution in [3.8, 4) is 11.5 Å². The van der Waals surface area contributed by atoms with Crippen molar-refractivity contribution in [3.05, 3.63) is 52.7 Å². The lowest BCUT2D eigenvalue weighted by Gasteiger charge is -2.08. The van der Waals surface area contributed by atoms with Gasteiger partial charge in [-0.3, -0.25) is 0 Å². The molecule has 0 amide bonds. The zero-order valence-corrected chi connectivity index (χ0v) is 16.4. The third-order valence-corrected chi connectivity index (χ3v) is 4.67. The summed E-state index contributed by atoms with van der Waals surface area (Å²) in [6.45, 7) is 0. The molecule has 0 aliphatic carbocycles. The van der Waals surface area contributed by atoms with E-state index in [1.165, 1.54) is 0 Å². The van der Waals surface area contributed by atoms with Gasteiger partial charge in [0.25, 0.3) is 0 Å². The highest BCUT2D eigenvalue weighted by molar-refractivity contribution is 7.98. The van der Waals surface area contributed by atoms with E-state index in [9.17, 15) is 5.21 Å². The predicted octanol–water partition coefficient (Wildman–Crippen LogP) is 5.36. The Morgan fingerprint density at radius 3 is 2.00 bits per heavy atom. The van der Waals surface area contributed by atoms with Gasteiger partial charge in [0.05, 0.1) is 20.3 Å². The van der Waals surface area contributed by atoms with Crippen LogP contribution in [0.1, 0.15) is 11.1 Å². The van der Waals surface area contributed by atoms with Crippen molar-refractivity contribution >= 4 is 34.9 Å². The van der Waals surface area contributed by atoms with E-state index < -0.39 is 0 Å². The largest absolute Gasteiger partial charge is 0.594 e. The third kappa shape index (κ3) is 5.57. The van der Waals surface area contributed by atoms with Crippen LogP contribution in [-0.4, -0.2) is 31.6 Å². The third-order valence-electron chi connectivity index (χ3n) is 3.42. The number of nitrogens with zero attached hydrogens (tertiary/aromatic N) is 2. The van der Waals surface area contributed by atoms with E-state index in [0.29, 0.717) is 27.7 Å². The molecule has 2 aromatic carbocycles. The minimum absolute atomic E-state index is 0.442. The molecule has 5 nitrogen and oxygen atoms in total. The monoisotopic (exact) mass is 378 g/mol. The Morgan fingerprint density at radius 1 is 0.880 bits per heavy atom. The molecule has 0 N–H and O–H groups in total. The summed E-state index contributed by atoms with van der Waals surface area (Å²) in [5, 5.41) is 16.7. The van der Waals surface area contributed by atoms with Crippen molar-refractivity contribution in [3.63, 3.8) is 0 Å². The highest BCUT2D eigenvalue weighted by Crippen LogP contribution is 2.29. The summed E-state index contributed by atoms with van der Waals surface area (Å²) in [5.41, 5.74) is 3.09. The van der Waals surface area contributed by atoms with Gasteiger partial charge in [0.1, 0.15) is 17.2 Å². The van der Waals surface area contributed by atoms with E-state index in [0.717, 1.165) is 22.6 Å². The van der Waals surface area contributed by atoms with Gasteiger partial charge in [-0.2, -0.15) is 23.5 Å². The minimum Gasteiger partial charge on any atom is -0.594 e. The summed E-state index contributed by atoms with van der Waals surface area (Å²) in [4.78, 5) is 0.629. The molecule has 0 saturated carbocycles. The first-order valence-corrected chi connectivity index (χ1v) is 10.4. The summed E-state index contributed by atoms with van der Waals surface area (Å²) in [6.07, 6.45) is 4.04. The van der Waals surface area contributed by atoms with Crippen LogP contribution in [0.15, 0.2) is 41.5 Å². The molecule has 0 aliphatic rings. The standard InChI is InChI=1S/C18H22N2O3S2/c1-22-17-7-13(11-24-3)5-15(9-17)19-20(21)16-6-14(12-25-4)8-18(10-16)23-2/h5-10H,11-12H2,1-4H3. The van der Waals surface area contributed by atoms with Crippen molar-refractivity contribution in [2.75, 3.05) is 26.7 Å². The number of azo groups is 1. The van der Waals surface area contributed by atoms with Gasteiger partial charge in [-0.15, -0.1) is 0 Å². The normalized spacial score (nSPS) is 11.4. The fraction of sp³-hybridized carbons (Fsp3) is 0.333. The van der Waals surface area contributed by atoms with Crippen molar-refractivity contribution in [1.29, 1.82) is 0 Å². The summed E-state index contributed by atoms with van der Waals surface area (Å²) in [7, 11) is 3.19. The highest BCUT2D eigenvalue weighted by Gasteiger charge is 2.11. The van der Waals surface area contributed by atoms with Gasteiger partial charge < -0.3 is 14.7 Å². The summed E-state index contributed by atoms with van der Waals surface area (Å²) < 4.78 is 10.6. The van der Waals surface area contributed by atoms with Gasteiger partial charge in [-0.1, -0.05) is 0 Å². The van der Waals surface area contributed by atoms with Gasteiger partial charge in [-0.25, -0.2) is 0 Å². The quantitative estimate of drug-likeness (QED) is 0.352. The Labute approximate surface area is 157 Å². The maximum atomic E-state index is 12.5. The van der Waals surface area contributed by atoms with Gasteiger partial charge in [0.15, 0.2) is 0 Å². The molecule has 0 saturated heterocycles. The van der Waals surface area contributed by atoms with Crippen molar-refractivity contribution in [1.82, 2.24) is 0 Å². The van der Waals surface area contributed by atoms with Crippen LogP contribution in [0.4, 0.5) is 11.4 Å². The predicted molar refractivity (Wildman–Crippen MR) is 106 cm³/mol. The lowest BCUT2D eigenvalue weighted by Crippen LogP contribution is -1.95. The van der Waals surface area contributed by atoms with Gasteiger partial charge in [0.2, 0.25) is 5.69 Å². The Balaban J connectivity index is 2.40. The average Bonchev–Trinajstić information content (AvgIpc) is 2.61. The molecule has 0 radical (unpaired) electrons. The molecule has 7 heteroatoms. The molecule has 0 fully saturated rings. The van der Waals surface area contributed by atoms with E-state index in [1.54, 1.807) is 49.9 Å². The van der Waals surface area contributed by atoms with E-state index in [1.807, 2.05) is 36.8 Å². The van der Waals surface area contributed by atoms with Crippen LogP contribution >= 0.6 is 23.5 Å². The van der Waals surface area contributed by atoms with Gasteiger partial charge >= 0.3 is 0 Å². The molecule has 2 aromatic rings. The first-order chi connectivity index (χ1) is 12.1. The maximum absolute atomic E-state index is 12.5. The van der Waals surface area contributed by atoms with E-state index >= 15 is 0 Å². The van der Waals surface area contributed by atoms with Crippen molar-refractivity contribution in [2.24, 2.45) is 5.11 Å². The minimum atomic E-state index is 0.442. The number of methoxy groups -OCH3 is 2. The van der Waals surface area contributed by atoms with Crippen LogP contribution < -0.4 is 9.47 Å². The maximum Gasteiger partial charge on any atom is 0.248 e. The number of hydrogen-bond acceptors (Lipinski definition) is 6. The Hall–Kier alpha value is -1.86. The fourth-order valence-electron chi connectivity index (χ4n) is 2.35. The smallest absolute Gasteiger partial charge is 0.248 e. The van der Waals surface area contributed by atoms with Crippen LogP contribution in [0.2, 0.25) is 0 Å². The van der Waals surface area contributed by atoms with E-state index in [-0.39, 0.29) is 0 Å². The van der Waals surface area contributed by atoms with Crippen molar-refractivity contribution in [2.45, 2.75) is 11.5 Å². The van der Waals surface area contributed by atoms with Gasteiger partial charge in [-0.05, 0) is 46.7 Å². The number of thioether (sulfide) groups is 2. The molecule has 0 atom stereocenters. The highest BCUT2D eigenvalue weighted by atomic mass is 32.2. The van der Waals surface area contributed by atoms with E-state index in [2.05, 4.69) is 5.11 Å². The van der Waals surface area contributed by atoms with Crippen molar-refractivity contribution < 1.29 is 14.3 Å². The first-order valence-electron chi connectivity index (χ1n) is 7.62. The summed E-state index contributed by atoms with van der Waals surface area (Å²) >= 11 is 3.39. The molecule has 0 aromatic heterocycles. The molecular formula is C18H22N2O3S2. The molecule has 0 unspecified atom stereocenters. The number of hydrogen-bond donors (Lipinski definition) is 0. The SMILES string of the molecule is COc1cc(CSC)cc(N=[N+]([O-])c2cc(CSC)cc(OC)c2)c1. The number of rotatable bonds is 8. The lowest BCUT2D eigenvalue weighted by atomic mass is 10.2. The second-order valence-electron chi connectivity index (χ2n) is 5.32. The molecule has 25 heavy (non-hydrogen) atoms. The second kappa shape index (κ2) is 9.58. The van der Waals surface area contributed by atoms with Crippen LogP contribution in [0, 0.1) is 5.21 Å². The number of benzene rings is 2. The zero-order chi connectivity index (χ0) is 18.2. The first kappa shape index (κ1) is 19.5. The van der Waals surface area contributed by atoms with Crippen LogP contribution in [-0.2, 0) is 11.5 Å². The van der Waals surface area contributed by atoms with Gasteiger partial charge in [0, 0.05) is 28.8 Å². The number of ether oxygens (including phenoxy) is 2. The Bertz CT molecular complexity index is 751. The second-order valence-corrected chi connectivity index (χ2v) is 7.05. The molecular weight excluding hydrogens is 356 g/mol. The van der Waals surface area contributed by atoms with E-state index in [4.69, 9.17) is 9.47 Å². The van der Waals surface area contributed by atoms with Crippen LogP contribution in [0.25, 0.3) is 0 Å². The Morgan fingerprint density at radius 2 is 1.44 bits per heavy atom. The van der Waals surface area contributed by atoms with Crippen LogP contribution in [0.3, 0.4) is 0 Å². The molecule has 0 spiro atoms. The summed E-state index contributed by atoms with van der Waals surface area (Å²) in [6, 6.07) is 11.0. The van der Waals surface area contributed by atoms with Crippen LogP contribution in [0.5, 0.6) is 11.5 Å². The molecule has 0 bridgehead atoms. The topological polar surface area (TPSA) is 56.9 Å². The Kier molecular flexibility index (Phi) is 7.46. The lowest BCUT2D eigenvalue weighted by molar-refractivity contribution is -0.435. The fourth-order valence-corrected chi connectivity index (χ4v) is 3.35. The molecule has 0 heterocycles. The average molecular weight is 379 g/mol. The zero-order valence-electron chi connectivity index (χ0n) is 14.8. The molecule has 2 rings (SSSR count). The summed E-state index contributed by atoms with van der Waals surface area (Å²) in [5.74, 6) is 2.96. The molecule has 0 aliphatic heterocycles. The molecule has 134 valence electrons.